The summed E-state index contributed by atoms with van der Waals surface area (Å²) in [6.45, 7) is -0.576. The lowest BCUT2D eigenvalue weighted by atomic mass is 9.89. The van der Waals surface area contributed by atoms with Gasteiger partial charge in [-0.1, -0.05) is 12.1 Å². The van der Waals surface area contributed by atoms with Gasteiger partial charge in [0.2, 0.25) is 0 Å². The maximum absolute atomic E-state index is 13.0. The van der Waals surface area contributed by atoms with Crippen molar-refractivity contribution in [1.29, 1.82) is 0 Å². The summed E-state index contributed by atoms with van der Waals surface area (Å²) in [6, 6.07) is 13.9. The Kier molecular flexibility index (Phi) is 7.87. The standard InChI is InChI=1S/C30H26O12/c31-16-6-1-14(2-7-16)3-10-23(35)40-13-22-26(36)28(38)29(39)30(42-22)25-19(34)12-21-24(27(25)37)18(33)11-20(41-21)15-4-8-17(32)9-5-15/h1-12,22,26,28-32,34,36-39H,13H2. The third kappa shape index (κ3) is 5.64. The molecule has 1 saturated heterocycles. The molecule has 0 saturated carbocycles. The monoisotopic (exact) mass is 578 g/mol. The summed E-state index contributed by atoms with van der Waals surface area (Å²) in [6.07, 6.45) is -5.96. The Morgan fingerprint density at radius 1 is 0.857 bits per heavy atom. The molecular formula is C30H26O12. The quantitative estimate of drug-likeness (QED) is 0.130. The van der Waals surface area contributed by atoms with Crippen LogP contribution in [0.2, 0.25) is 0 Å². The molecule has 0 aliphatic carbocycles. The van der Waals surface area contributed by atoms with E-state index < -0.39 is 65.6 Å². The molecular weight excluding hydrogens is 552 g/mol. The summed E-state index contributed by atoms with van der Waals surface area (Å²) in [7, 11) is 0. The fourth-order valence-electron chi connectivity index (χ4n) is 4.64. The largest absolute Gasteiger partial charge is 0.508 e. The molecule has 4 aromatic rings. The van der Waals surface area contributed by atoms with Gasteiger partial charge < -0.3 is 49.6 Å². The number of carbonyl (C=O) groups excluding carboxylic acids is 1. The van der Waals surface area contributed by atoms with Crippen LogP contribution >= 0.6 is 0 Å². The van der Waals surface area contributed by atoms with E-state index in [0.29, 0.717) is 11.1 Å². The molecule has 1 aliphatic heterocycles. The molecule has 5 unspecified atom stereocenters. The number of carbonyl (C=O) groups is 1. The van der Waals surface area contributed by atoms with Gasteiger partial charge in [-0.05, 0) is 48.0 Å². The summed E-state index contributed by atoms with van der Waals surface area (Å²) in [5.74, 6) is -2.11. The van der Waals surface area contributed by atoms with E-state index in [1.165, 1.54) is 42.5 Å². The molecule has 0 bridgehead atoms. The van der Waals surface area contributed by atoms with Gasteiger partial charge in [0.1, 0.15) is 76.9 Å². The first-order chi connectivity index (χ1) is 20.0. The fourth-order valence-corrected chi connectivity index (χ4v) is 4.64. The van der Waals surface area contributed by atoms with Gasteiger partial charge in [0.15, 0.2) is 5.43 Å². The number of ether oxygens (including phenoxy) is 2. The van der Waals surface area contributed by atoms with Crippen molar-refractivity contribution in [2.75, 3.05) is 6.61 Å². The highest BCUT2D eigenvalue weighted by atomic mass is 16.6. The fraction of sp³-hybridized carbons (Fsp3) is 0.200. The van der Waals surface area contributed by atoms with Crippen molar-refractivity contribution in [2.45, 2.75) is 30.5 Å². The first kappa shape index (κ1) is 28.6. The molecule has 2 heterocycles. The molecule has 0 spiro atoms. The maximum Gasteiger partial charge on any atom is 0.330 e. The van der Waals surface area contributed by atoms with E-state index in [2.05, 4.69) is 0 Å². The van der Waals surface area contributed by atoms with E-state index >= 15 is 0 Å². The SMILES string of the molecule is O=C(C=Cc1ccc(O)cc1)OCC1OC(c2c(O)cc3oc(-c4ccc(O)cc4)cc(=O)c3c2O)C(O)C(O)C1O. The molecule has 218 valence electrons. The van der Waals surface area contributed by atoms with Gasteiger partial charge in [-0.15, -0.1) is 0 Å². The molecule has 1 aromatic heterocycles. The number of hydrogen-bond acceptors (Lipinski definition) is 12. The van der Waals surface area contributed by atoms with Gasteiger partial charge in [0.05, 0.1) is 5.56 Å². The molecule has 7 N–H and O–H groups in total. The number of rotatable bonds is 6. The molecule has 0 radical (unpaired) electrons. The van der Waals surface area contributed by atoms with Crippen LogP contribution in [-0.4, -0.2) is 72.7 Å². The summed E-state index contributed by atoms with van der Waals surface area (Å²) in [5, 5.41) is 72.0. The highest BCUT2D eigenvalue weighted by Gasteiger charge is 2.46. The van der Waals surface area contributed by atoms with Crippen LogP contribution in [-0.2, 0) is 14.3 Å². The average Bonchev–Trinajstić information content (AvgIpc) is 2.96. The van der Waals surface area contributed by atoms with E-state index in [4.69, 9.17) is 13.9 Å². The molecule has 1 fully saturated rings. The molecule has 12 heteroatoms. The van der Waals surface area contributed by atoms with Gasteiger partial charge in [0.25, 0.3) is 0 Å². The van der Waals surface area contributed by atoms with Crippen LogP contribution in [0.15, 0.2) is 76.0 Å². The smallest absolute Gasteiger partial charge is 0.330 e. The lowest BCUT2D eigenvalue weighted by Crippen LogP contribution is -2.55. The Bertz CT molecular complexity index is 1690. The summed E-state index contributed by atoms with van der Waals surface area (Å²) in [5.41, 5.74) is -0.308. The Hall–Kier alpha value is -4.88. The minimum atomic E-state index is -1.86. The third-order valence-electron chi connectivity index (χ3n) is 6.85. The lowest BCUT2D eigenvalue weighted by Gasteiger charge is -2.40. The molecule has 3 aromatic carbocycles. The van der Waals surface area contributed by atoms with E-state index in [-0.39, 0.29) is 28.2 Å². The van der Waals surface area contributed by atoms with E-state index in [0.717, 1.165) is 18.2 Å². The summed E-state index contributed by atoms with van der Waals surface area (Å²) in [4.78, 5) is 25.2. The lowest BCUT2D eigenvalue weighted by molar-refractivity contribution is -0.234. The van der Waals surface area contributed by atoms with Crippen molar-refractivity contribution in [3.63, 3.8) is 0 Å². The number of benzene rings is 3. The number of phenolic OH excluding ortho intramolecular Hbond substituents is 4. The predicted octanol–water partition coefficient (Wildman–Crippen LogP) is 2.06. The van der Waals surface area contributed by atoms with Crippen LogP contribution in [0.1, 0.15) is 17.2 Å². The minimum absolute atomic E-state index is 0.00113. The number of esters is 1. The van der Waals surface area contributed by atoms with E-state index in [1.54, 1.807) is 12.1 Å². The Morgan fingerprint density at radius 2 is 1.50 bits per heavy atom. The number of hydrogen-bond donors (Lipinski definition) is 7. The van der Waals surface area contributed by atoms with Crippen LogP contribution < -0.4 is 5.43 Å². The van der Waals surface area contributed by atoms with E-state index in [9.17, 15) is 45.3 Å². The highest BCUT2D eigenvalue weighted by Crippen LogP contribution is 2.44. The number of aliphatic hydroxyl groups is 3. The second kappa shape index (κ2) is 11.5. The van der Waals surface area contributed by atoms with Gasteiger partial charge in [0, 0.05) is 23.8 Å². The van der Waals surface area contributed by atoms with Crippen molar-refractivity contribution in [3.8, 4) is 34.3 Å². The summed E-state index contributed by atoms with van der Waals surface area (Å²) < 4.78 is 16.5. The molecule has 5 rings (SSSR count). The molecule has 1 aliphatic rings. The van der Waals surface area contributed by atoms with E-state index in [1.807, 2.05) is 0 Å². The second-order valence-electron chi connectivity index (χ2n) is 9.67. The Morgan fingerprint density at radius 3 is 2.17 bits per heavy atom. The number of fused-ring (bicyclic) bond motifs is 1. The Labute approximate surface area is 237 Å². The predicted molar refractivity (Wildman–Crippen MR) is 147 cm³/mol. The zero-order chi connectivity index (χ0) is 30.1. The summed E-state index contributed by atoms with van der Waals surface area (Å²) >= 11 is 0. The maximum atomic E-state index is 13.0. The van der Waals surface area contributed by atoms with Crippen LogP contribution in [0.3, 0.4) is 0 Å². The van der Waals surface area contributed by atoms with Gasteiger partial charge >= 0.3 is 5.97 Å². The average molecular weight is 579 g/mol. The second-order valence-corrected chi connectivity index (χ2v) is 9.67. The van der Waals surface area contributed by atoms with Crippen molar-refractivity contribution in [2.24, 2.45) is 0 Å². The third-order valence-corrected chi connectivity index (χ3v) is 6.85. The van der Waals surface area contributed by atoms with Crippen molar-refractivity contribution in [3.05, 3.63) is 88.1 Å². The van der Waals surface area contributed by atoms with Crippen LogP contribution in [0, 0.1) is 0 Å². The normalized spacial score (nSPS) is 22.4. The van der Waals surface area contributed by atoms with Crippen LogP contribution in [0.25, 0.3) is 28.4 Å². The van der Waals surface area contributed by atoms with Crippen LogP contribution in [0.4, 0.5) is 0 Å². The number of phenols is 4. The molecule has 0 amide bonds. The minimum Gasteiger partial charge on any atom is -0.508 e. The first-order valence-corrected chi connectivity index (χ1v) is 12.7. The van der Waals surface area contributed by atoms with Gasteiger partial charge in [-0.25, -0.2) is 4.79 Å². The Balaban J connectivity index is 1.40. The number of aliphatic hydroxyl groups excluding tert-OH is 3. The van der Waals surface area contributed by atoms with Gasteiger partial charge in [-0.3, -0.25) is 4.79 Å². The molecule has 12 nitrogen and oxygen atoms in total. The van der Waals surface area contributed by atoms with Gasteiger partial charge in [-0.2, -0.15) is 0 Å². The zero-order valence-corrected chi connectivity index (χ0v) is 21.7. The zero-order valence-electron chi connectivity index (χ0n) is 21.7. The topological polar surface area (TPSA) is 207 Å². The van der Waals surface area contributed by atoms with Crippen LogP contribution in [0.5, 0.6) is 23.0 Å². The van der Waals surface area contributed by atoms with Crippen molar-refractivity contribution >= 4 is 23.0 Å². The number of aromatic hydroxyl groups is 4. The van der Waals surface area contributed by atoms with Crippen molar-refractivity contribution in [1.82, 2.24) is 0 Å². The molecule has 42 heavy (non-hydrogen) atoms. The molecule has 5 atom stereocenters. The highest BCUT2D eigenvalue weighted by molar-refractivity contribution is 5.88. The van der Waals surface area contributed by atoms with Crippen molar-refractivity contribution < 1.29 is 54.4 Å². The first-order valence-electron chi connectivity index (χ1n) is 12.7.